The summed E-state index contributed by atoms with van der Waals surface area (Å²) in [6.07, 6.45) is 0.0586. The summed E-state index contributed by atoms with van der Waals surface area (Å²) in [6, 6.07) is 29.2. The minimum Gasteiger partial charge on any atom is -0.478 e. The Morgan fingerprint density at radius 2 is 1.29 bits per heavy atom. The van der Waals surface area contributed by atoms with Crippen LogP contribution in [-0.2, 0) is 22.6 Å². The summed E-state index contributed by atoms with van der Waals surface area (Å²) in [6.45, 7) is 1.96. The van der Waals surface area contributed by atoms with E-state index >= 15 is 0 Å². The van der Waals surface area contributed by atoms with Crippen LogP contribution in [0.25, 0.3) is 0 Å². The van der Waals surface area contributed by atoms with Gasteiger partial charge in [0.25, 0.3) is 0 Å². The lowest BCUT2D eigenvalue weighted by molar-refractivity contribution is -0.134. The minimum absolute atomic E-state index is 0.0586. The van der Waals surface area contributed by atoms with Gasteiger partial charge in [0.2, 0.25) is 11.8 Å². The van der Waals surface area contributed by atoms with Crippen LogP contribution in [0.4, 0.5) is 21.9 Å². The number of hydrogen-bond donors (Lipinski definition) is 4. The monoisotopic (exact) mass is 550 g/mol. The molecule has 4 amide bonds. The number of anilines is 3. The van der Waals surface area contributed by atoms with E-state index in [0.29, 0.717) is 17.1 Å². The van der Waals surface area contributed by atoms with E-state index in [-0.39, 0.29) is 37.0 Å². The third-order valence-electron chi connectivity index (χ3n) is 6.28. The highest BCUT2D eigenvalue weighted by atomic mass is 16.4. The van der Waals surface area contributed by atoms with E-state index in [2.05, 4.69) is 16.0 Å². The number of amides is 4. The second kappa shape index (κ2) is 13.6. The molecule has 0 aromatic heterocycles. The van der Waals surface area contributed by atoms with Gasteiger partial charge in [0.1, 0.15) is 6.54 Å². The third-order valence-corrected chi connectivity index (χ3v) is 6.28. The van der Waals surface area contributed by atoms with Gasteiger partial charge in [-0.15, -0.1) is 0 Å². The van der Waals surface area contributed by atoms with Crippen molar-refractivity contribution in [1.29, 1.82) is 0 Å². The van der Waals surface area contributed by atoms with E-state index in [9.17, 15) is 19.2 Å². The molecule has 0 fully saturated rings. The molecule has 41 heavy (non-hydrogen) atoms. The summed E-state index contributed by atoms with van der Waals surface area (Å²) in [4.78, 5) is 51.1. The number of para-hydroxylation sites is 1. The van der Waals surface area contributed by atoms with E-state index < -0.39 is 11.9 Å². The molecule has 0 spiro atoms. The normalized spacial score (nSPS) is 10.4. The van der Waals surface area contributed by atoms with Crippen LogP contribution < -0.4 is 16.0 Å². The Kier molecular flexibility index (Phi) is 9.45. The first-order valence-corrected chi connectivity index (χ1v) is 12.9. The lowest BCUT2D eigenvalue weighted by Crippen LogP contribution is -2.38. The molecule has 4 N–H and O–H groups in total. The van der Waals surface area contributed by atoms with Crippen molar-refractivity contribution in [3.63, 3.8) is 0 Å². The first-order valence-electron chi connectivity index (χ1n) is 12.9. The van der Waals surface area contributed by atoms with Gasteiger partial charge in [0.15, 0.2) is 0 Å². The van der Waals surface area contributed by atoms with Crippen molar-refractivity contribution in [2.45, 2.75) is 19.9 Å². The lowest BCUT2D eigenvalue weighted by Gasteiger charge is -2.23. The number of nitrogens with one attached hydrogen (secondary N) is 3. The van der Waals surface area contributed by atoms with Crippen LogP contribution in [0.2, 0.25) is 0 Å². The molecule has 0 unspecified atom stereocenters. The number of hydrogen-bond acceptors (Lipinski definition) is 4. The minimum atomic E-state index is -1.06. The van der Waals surface area contributed by atoms with Gasteiger partial charge < -0.3 is 26.0 Å². The van der Waals surface area contributed by atoms with Crippen molar-refractivity contribution < 1.29 is 24.3 Å². The number of carbonyl (C=O) groups is 4. The van der Waals surface area contributed by atoms with Crippen molar-refractivity contribution in [3.05, 3.63) is 125 Å². The number of carbonyl (C=O) groups excluding carboxylic acids is 3. The highest BCUT2D eigenvalue weighted by Crippen LogP contribution is 2.16. The first-order chi connectivity index (χ1) is 19.8. The van der Waals surface area contributed by atoms with Gasteiger partial charge >= 0.3 is 12.0 Å². The predicted octanol–water partition coefficient (Wildman–Crippen LogP) is 5.55. The van der Waals surface area contributed by atoms with Crippen molar-refractivity contribution in [1.82, 2.24) is 4.90 Å². The smallest absolute Gasteiger partial charge is 0.335 e. The molecule has 0 radical (unpaired) electrons. The maximum Gasteiger partial charge on any atom is 0.335 e. The molecule has 4 aromatic rings. The molecule has 0 atom stereocenters. The van der Waals surface area contributed by atoms with Crippen molar-refractivity contribution in [2.24, 2.45) is 0 Å². The Balaban J connectivity index is 1.38. The van der Waals surface area contributed by atoms with Crippen LogP contribution in [0.5, 0.6) is 0 Å². The second-order valence-electron chi connectivity index (χ2n) is 9.43. The summed E-state index contributed by atoms with van der Waals surface area (Å²) < 4.78 is 0. The fourth-order valence-electron chi connectivity index (χ4n) is 4.10. The summed E-state index contributed by atoms with van der Waals surface area (Å²) >= 11 is 0. The van der Waals surface area contributed by atoms with Crippen LogP contribution in [-0.4, -0.2) is 40.4 Å². The molecule has 0 heterocycles. The molecule has 0 saturated carbocycles. The number of benzene rings is 4. The number of aryl methyl sites for hydroxylation is 1. The van der Waals surface area contributed by atoms with Gasteiger partial charge in [-0.25, -0.2) is 9.59 Å². The first kappa shape index (κ1) is 28.6. The largest absolute Gasteiger partial charge is 0.478 e. The number of nitrogens with zero attached hydrogens (tertiary/aromatic N) is 1. The summed E-state index contributed by atoms with van der Waals surface area (Å²) in [5.74, 6) is -1.71. The van der Waals surface area contributed by atoms with Crippen LogP contribution in [0, 0.1) is 6.92 Å². The van der Waals surface area contributed by atoms with Gasteiger partial charge in [-0.05, 0) is 66.1 Å². The number of aromatic carboxylic acids is 1. The van der Waals surface area contributed by atoms with Crippen molar-refractivity contribution in [2.75, 3.05) is 22.5 Å². The van der Waals surface area contributed by atoms with E-state index in [1.54, 1.807) is 24.3 Å². The van der Waals surface area contributed by atoms with Gasteiger partial charge in [-0.3, -0.25) is 9.59 Å². The molecule has 4 aromatic carbocycles. The maximum absolute atomic E-state index is 13.3. The fraction of sp³-hybridized carbons (Fsp3) is 0.125. The zero-order valence-corrected chi connectivity index (χ0v) is 22.5. The zero-order chi connectivity index (χ0) is 29.2. The maximum atomic E-state index is 13.3. The van der Waals surface area contributed by atoms with Gasteiger partial charge in [-0.1, -0.05) is 60.7 Å². The molecule has 0 aliphatic rings. The number of urea groups is 1. The molecule has 0 aliphatic heterocycles. The highest BCUT2D eigenvalue weighted by molar-refractivity contribution is 6.00. The standard InChI is InChI=1S/C32H30N4O5/c1-22-7-5-6-10-28(22)35-32(41)34-27-15-11-23(12-16-27)19-30(38)36(20-24-8-3-2-4-9-24)21-29(37)33-26-17-13-25(14-18-26)31(39)40/h2-18H,19-21H2,1H3,(H,33,37)(H,39,40)(H2,34,35,41). The van der Waals surface area contributed by atoms with Crippen LogP contribution in [0.15, 0.2) is 103 Å². The topological polar surface area (TPSA) is 128 Å². The predicted molar refractivity (Wildman–Crippen MR) is 158 cm³/mol. The molecular weight excluding hydrogens is 520 g/mol. The van der Waals surface area contributed by atoms with Crippen LogP contribution in [0.3, 0.4) is 0 Å². The zero-order valence-electron chi connectivity index (χ0n) is 22.5. The van der Waals surface area contributed by atoms with Crippen LogP contribution in [0.1, 0.15) is 27.0 Å². The quantitative estimate of drug-likeness (QED) is 0.206. The Labute approximate surface area is 237 Å². The Hall–Kier alpha value is -5.44. The Morgan fingerprint density at radius 1 is 0.683 bits per heavy atom. The van der Waals surface area contributed by atoms with Crippen molar-refractivity contribution >= 4 is 40.9 Å². The van der Waals surface area contributed by atoms with E-state index in [1.807, 2.05) is 61.5 Å². The number of rotatable bonds is 10. The lowest BCUT2D eigenvalue weighted by atomic mass is 10.1. The molecule has 208 valence electrons. The van der Waals surface area contributed by atoms with Crippen LogP contribution >= 0.6 is 0 Å². The van der Waals surface area contributed by atoms with Gasteiger partial charge in [0.05, 0.1) is 12.0 Å². The van der Waals surface area contributed by atoms with E-state index in [1.165, 1.54) is 29.2 Å². The van der Waals surface area contributed by atoms with E-state index in [0.717, 1.165) is 16.7 Å². The second-order valence-corrected chi connectivity index (χ2v) is 9.43. The highest BCUT2D eigenvalue weighted by Gasteiger charge is 2.19. The molecule has 9 heteroatoms. The van der Waals surface area contributed by atoms with E-state index in [4.69, 9.17) is 5.11 Å². The van der Waals surface area contributed by atoms with Gasteiger partial charge in [0, 0.05) is 23.6 Å². The molecule has 0 bridgehead atoms. The molecule has 9 nitrogen and oxygen atoms in total. The number of carboxylic acid groups (broad SMARTS) is 1. The number of carboxylic acids is 1. The summed E-state index contributed by atoms with van der Waals surface area (Å²) in [5.41, 5.74) is 4.37. The SMILES string of the molecule is Cc1ccccc1NC(=O)Nc1ccc(CC(=O)N(CC(=O)Nc2ccc(C(=O)O)cc2)Cc2ccccc2)cc1. The average molecular weight is 551 g/mol. The Bertz CT molecular complexity index is 1520. The summed E-state index contributed by atoms with van der Waals surface area (Å²) in [7, 11) is 0. The average Bonchev–Trinajstić information content (AvgIpc) is 2.96. The summed E-state index contributed by atoms with van der Waals surface area (Å²) in [5, 5.41) is 17.4. The van der Waals surface area contributed by atoms with Gasteiger partial charge in [-0.2, -0.15) is 0 Å². The molecule has 0 saturated heterocycles. The molecular formula is C32H30N4O5. The Morgan fingerprint density at radius 3 is 1.95 bits per heavy atom. The molecule has 4 rings (SSSR count). The fourth-order valence-corrected chi connectivity index (χ4v) is 4.10. The van der Waals surface area contributed by atoms with Crippen molar-refractivity contribution in [3.8, 4) is 0 Å². The third kappa shape index (κ3) is 8.52. The molecule has 0 aliphatic carbocycles.